The van der Waals surface area contributed by atoms with Gasteiger partial charge >= 0.3 is 0 Å². The van der Waals surface area contributed by atoms with Crippen LogP contribution in [0.1, 0.15) is 54.1 Å². The van der Waals surface area contributed by atoms with E-state index in [9.17, 15) is 14.7 Å². The highest BCUT2D eigenvalue weighted by Gasteiger charge is 2.44. The molecule has 2 heterocycles. The van der Waals surface area contributed by atoms with Gasteiger partial charge in [-0.25, -0.2) is 0 Å². The number of ether oxygens (including phenoxy) is 2. The molecule has 1 amide bonds. The molecule has 0 saturated heterocycles. The highest BCUT2D eigenvalue weighted by Crippen LogP contribution is 2.39. The quantitative estimate of drug-likeness (QED) is 0.423. The third kappa shape index (κ3) is 4.99. The first kappa shape index (κ1) is 22.6. The lowest BCUT2D eigenvalue weighted by Crippen LogP contribution is -2.32. The molecular formula is C24H29NO6. The Morgan fingerprint density at radius 3 is 2.48 bits per heavy atom. The first-order valence-electron chi connectivity index (χ1n) is 10.5. The van der Waals surface area contributed by atoms with Gasteiger partial charge in [-0.3, -0.25) is 9.59 Å². The maximum atomic E-state index is 13.2. The summed E-state index contributed by atoms with van der Waals surface area (Å²) >= 11 is 0. The zero-order valence-corrected chi connectivity index (χ0v) is 18.2. The Hall–Kier alpha value is -3.06. The lowest BCUT2D eigenvalue weighted by molar-refractivity contribution is -0.129. The minimum absolute atomic E-state index is 0.0245. The van der Waals surface area contributed by atoms with Crippen molar-refractivity contribution in [1.82, 2.24) is 4.90 Å². The molecule has 0 radical (unpaired) electrons. The third-order valence-electron chi connectivity index (χ3n) is 5.22. The number of aliphatic hydroxyl groups excluding tert-OH is 1. The first-order valence-corrected chi connectivity index (χ1v) is 10.5. The van der Waals surface area contributed by atoms with Gasteiger partial charge in [-0.15, -0.1) is 0 Å². The molecule has 0 aliphatic carbocycles. The molecule has 1 aromatic heterocycles. The monoisotopic (exact) mass is 427 g/mol. The molecule has 2 aromatic rings. The van der Waals surface area contributed by atoms with E-state index in [1.54, 1.807) is 26.2 Å². The number of Topliss-reactive ketones (excluding diaryl/α,β-unsaturated/α-hetero) is 1. The van der Waals surface area contributed by atoms with E-state index in [1.807, 2.05) is 24.3 Å². The van der Waals surface area contributed by atoms with E-state index < -0.39 is 23.5 Å². The van der Waals surface area contributed by atoms with Crippen molar-refractivity contribution in [2.45, 2.75) is 39.2 Å². The fraction of sp³-hybridized carbons (Fsp3) is 0.417. The summed E-state index contributed by atoms with van der Waals surface area (Å²) in [4.78, 5) is 27.5. The summed E-state index contributed by atoms with van der Waals surface area (Å²) < 4.78 is 16.3. The maximum Gasteiger partial charge on any atom is 0.290 e. The van der Waals surface area contributed by atoms with Gasteiger partial charge in [0.05, 0.1) is 18.2 Å². The molecule has 1 aliphatic heterocycles. The fourth-order valence-corrected chi connectivity index (χ4v) is 3.61. The van der Waals surface area contributed by atoms with Crippen LogP contribution >= 0.6 is 0 Å². The standard InChI is InChI=1S/C24H29NO6/c1-4-5-15-30-18-10-8-17(9-11-18)21-20(22(26)19-12-7-16(2)31-19)23(27)24(28)25(21)13-6-14-29-3/h7-12,21,27H,4-6,13-15H2,1-3H3/t21-/m0/s1. The number of aliphatic hydroxyl groups is 1. The van der Waals surface area contributed by atoms with Crippen molar-refractivity contribution in [1.29, 1.82) is 0 Å². The predicted octanol–water partition coefficient (Wildman–Crippen LogP) is 4.38. The van der Waals surface area contributed by atoms with Gasteiger partial charge in [-0.1, -0.05) is 25.5 Å². The van der Waals surface area contributed by atoms with Crippen LogP contribution in [0.4, 0.5) is 0 Å². The Kier molecular flexibility index (Phi) is 7.52. The fourth-order valence-electron chi connectivity index (χ4n) is 3.61. The number of ketones is 1. The molecule has 1 aliphatic rings. The van der Waals surface area contributed by atoms with Crippen LogP contribution in [0, 0.1) is 6.92 Å². The van der Waals surface area contributed by atoms with Crippen molar-refractivity contribution in [2.24, 2.45) is 0 Å². The number of benzene rings is 1. The second kappa shape index (κ2) is 10.3. The number of hydrogen-bond acceptors (Lipinski definition) is 6. The van der Waals surface area contributed by atoms with Gasteiger partial charge in [0.1, 0.15) is 11.5 Å². The highest BCUT2D eigenvalue weighted by atomic mass is 16.5. The van der Waals surface area contributed by atoms with Crippen molar-refractivity contribution in [3.8, 4) is 5.75 Å². The van der Waals surface area contributed by atoms with Crippen molar-refractivity contribution >= 4 is 11.7 Å². The molecule has 7 heteroatoms. The van der Waals surface area contributed by atoms with E-state index in [-0.39, 0.29) is 11.3 Å². The van der Waals surface area contributed by atoms with Crippen LogP contribution in [0.5, 0.6) is 5.75 Å². The second-order valence-electron chi connectivity index (χ2n) is 7.52. The number of rotatable bonds is 11. The summed E-state index contributed by atoms with van der Waals surface area (Å²) in [5.74, 6) is -0.220. The van der Waals surface area contributed by atoms with Gasteiger partial charge in [0.25, 0.3) is 5.91 Å². The molecule has 1 atom stereocenters. The van der Waals surface area contributed by atoms with Crippen molar-refractivity contribution in [3.63, 3.8) is 0 Å². The minimum atomic E-state index is -0.716. The number of nitrogens with zero attached hydrogens (tertiary/aromatic N) is 1. The highest BCUT2D eigenvalue weighted by molar-refractivity contribution is 6.15. The largest absolute Gasteiger partial charge is 0.503 e. The Morgan fingerprint density at radius 2 is 1.87 bits per heavy atom. The zero-order chi connectivity index (χ0) is 22.4. The summed E-state index contributed by atoms with van der Waals surface area (Å²) in [6.45, 7) is 5.26. The number of methoxy groups -OCH3 is 1. The zero-order valence-electron chi connectivity index (χ0n) is 18.2. The Balaban J connectivity index is 1.93. The van der Waals surface area contributed by atoms with E-state index in [0.717, 1.165) is 18.6 Å². The van der Waals surface area contributed by atoms with Crippen LogP contribution in [0.3, 0.4) is 0 Å². The number of unbranched alkanes of at least 4 members (excludes halogenated alkanes) is 1. The molecule has 31 heavy (non-hydrogen) atoms. The number of hydrogen-bond donors (Lipinski definition) is 1. The summed E-state index contributed by atoms with van der Waals surface area (Å²) in [5, 5.41) is 10.6. The van der Waals surface area contributed by atoms with E-state index >= 15 is 0 Å². The van der Waals surface area contributed by atoms with Gasteiger partial charge in [0.2, 0.25) is 5.78 Å². The Bertz CT molecular complexity index is 943. The summed E-state index contributed by atoms with van der Waals surface area (Å²) in [6.07, 6.45) is 2.58. The Morgan fingerprint density at radius 1 is 1.13 bits per heavy atom. The first-order chi connectivity index (χ1) is 15.0. The van der Waals surface area contributed by atoms with Crippen LogP contribution in [0.2, 0.25) is 0 Å². The van der Waals surface area contributed by atoms with Crippen molar-refractivity contribution < 1.29 is 28.6 Å². The van der Waals surface area contributed by atoms with Gasteiger partial charge in [-0.05, 0) is 49.6 Å². The molecule has 1 aromatic carbocycles. The number of carbonyl (C=O) groups excluding carboxylic acids is 2. The van der Waals surface area contributed by atoms with Gasteiger partial charge in [0.15, 0.2) is 11.5 Å². The van der Waals surface area contributed by atoms with Gasteiger partial charge in [-0.2, -0.15) is 0 Å². The van der Waals surface area contributed by atoms with Crippen LogP contribution < -0.4 is 4.74 Å². The van der Waals surface area contributed by atoms with Crippen LogP contribution in [0.15, 0.2) is 52.1 Å². The Labute approximate surface area is 182 Å². The molecule has 7 nitrogen and oxygen atoms in total. The van der Waals surface area contributed by atoms with E-state index in [4.69, 9.17) is 13.9 Å². The molecule has 0 unspecified atom stereocenters. The number of amides is 1. The van der Waals surface area contributed by atoms with Gasteiger partial charge < -0.3 is 23.9 Å². The average Bonchev–Trinajstić information content (AvgIpc) is 3.31. The molecule has 0 saturated carbocycles. The lowest BCUT2D eigenvalue weighted by Gasteiger charge is -2.26. The lowest BCUT2D eigenvalue weighted by atomic mass is 9.95. The molecular weight excluding hydrogens is 398 g/mol. The number of aryl methyl sites for hydroxylation is 1. The second-order valence-corrected chi connectivity index (χ2v) is 7.52. The molecule has 0 fully saturated rings. The molecule has 166 valence electrons. The molecule has 1 N–H and O–H groups in total. The van der Waals surface area contributed by atoms with E-state index in [0.29, 0.717) is 37.5 Å². The number of furan rings is 1. The van der Waals surface area contributed by atoms with Gasteiger partial charge in [0, 0.05) is 20.3 Å². The maximum absolute atomic E-state index is 13.2. The molecule has 3 rings (SSSR count). The summed E-state index contributed by atoms with van der Waals surface area (Å²) in [6, 6.07) is 9.79. The SMILES string of the molecule is CCCCOc1ccc([C@H]2C(C(=O)c3ccc(C)o3)=C(O)C(=O)N2CCCOC)cc1. The summed E-state index contributed by atoms with van der Waals surface area (Å²) in [5.41, 5.74) is 0.737. The van der Waals surface area contributed by atoms with Crippen LogP contribution in [-0.2, 0) is 9.53 Å². The van der Waals surface area contributed by atoms with E-state index in [1.165, 1.54) is 4.90 Å². The topological polar surface area (TPSA) is 89.2 Å². The van der Waals surface area contributed by atoms with Crippen molar-refractivity contribution in [2.75, 3.05) is 26.9 Å². The van der Waals surface area contributed by atoms with Crippen molar-refractivity contribution in [3.05, 3.63) is 64.8 Å². The average molecular weight is 427 g/mol. The van der Waals surface area contributed by atoms with E-state index in [2.05, 4.69) is 6.92 Å². The van der Waals surface area contributed by atoms with Crippen LogP contribution in [-0.4, -0.2) is 48.6 Å². The van der Waals surface area contributed by atoms with Crippen LogP contribution in [0.25, 0.3) is 0 Å². The number of carbonyl (C=O) groups is 2. The minimum Gasteiger partial charge on any atom is -0.503 e. The molecule has 0 spiro atoms. The predicted molar refractivity (Wildman–Crippen MR) is 115 cm³/mol. The summed E-state index contributed by atoms with van der Waals surface area (Å²) in [7, 11) is 1.59. The third-order valence-corrected chi connectivity index (χ3v) is 5.22. The molecule has 0 bridgehead atoms. The normalized spacial score (nSPS) is 16.3. The smallest absolute Gasteiger partial charge is 0.290 e.